The Balaban J connectivity index is 1.39. The van der Waals surface area contributed by atoms with Crippen LogP contribution in [0.1, 0.15) is 22.4 Å². The number of carbonyl (C=O) groups excluding carboxylic acids is 1. The van der Waals surface area contributed by atoms with Crippen molar-refractivity contribution >= 4 is 16.9 Å². The topological polar surface area (TPSA) is 87.9 Å². The second-order valence-electron chi connectivity index (χ2n) is 7.08. The van der Waals surface area contributed by atoms with Gasteiger partial charge in [-0.1, -0.05) is 35.5 Å². The quantitative estimate of drug-likeness (QED) is 0.596. The van der Waals surface area contributed by atoms with Gasteiger partial charge in [-0.3, -0.25) is 9.89 Å². The Labute approximate surface area is 161 Å². The first kappa shape index (κ1) is 16.7. The molecule has 7 nitrogen and oxygen atoms in total. The molecule has 0 unspecified atom stereocenters. The SMILES string of the molecule is Cc1noc(-c2ccccc2)c1CC(=O)N1CCc2c(cnc3[nH]ncc23)C1. The van der Waals surface area contributed by atoms with Crippen molar-refractivity contribution in [3.8, 4) is 11.3 Å². The number of hydrogen-bond acceptors (Lipinski definition) is 5. The molecule has 0 bridgehead atoms. The van der Waals surface area contributed by atoms with Crippen LogP contribution in [0, 0.1) is 6.92 Å². The number of hydrogen-bond donors (Lipinski definition) is 1. The van der Waals surface area contributed by atoms with Gasteiger partial charge in [0.05, 0.1) is 18.3 Å². The van der Waals surface area contributed by atoms with E-state index in [1.165, 1.54) is 5.56 Å². The predicted octanol–water partition coefficient (Wildman–Crippen LogP) is 3.05. The van der Waals surface area contributed by atoms with E-state index in [0.717, 1.165) is 39.8 Å². The summed E-state index contributed by atoms with van der Waals surface area (Å²) in [5.41, 5.74) is 5.65. The Morgan fingerprint density at radius 1 is 1.25 bits per heavy atom. The molecule has 1 amide bonds. The fraction of sp³-hybridized carbons (Fsp3) is 0.238. The van der Waals surface area contributed by atoms with Crippen molar-refractivity contribution in [2.75, 3.05) is 6.54 Å². The zero-order valence-corrected chi connectivity index (χ0v) is 15.5. The van der Waals surface area contributed by atoms with Crippen molar-refractivity contribution in [1.29, 1.82) is 0 Å². The highest BCUT2D eigenvalue weighted by atomic mass is 16.5. The molecule has 3 aromatic heterocycles. The Morgan fingerprint density at radius 2 is 2.11 bits per heavy atom. The molecule has 0 aliphatic carbocycles. The van der Waals surface area contributed by atoms with Gasteiger partial charge < -0.3 is 9.42 Å². The maximum atomic E-state index is 13.0. The van der Waals surface area contributed by atoms with Crippen LogP contribution in [0.25, 0.3) is 22.4 Å². The largest absolute Gasteiger partial charge is 0.356 e. The lowest BCUT2D eigenvalue weighted by Crippen LogP contribution is -2.37. The Morgan fingerprint density at radius 3 is 2.96 bits per heavy atom. The number of fused-ring (bicyclic) bond motifs is 3. The molecule has 4 aromatic rings. The lowest BCUT2D eigenvalue weighted by molar-refractivity contribution is -0.131. The van der Waals surface area contributed by atoms with Crippen molar-refractivity contribution in [2.24, 2.45) is 0 Å². The van der Waals surface area contributed by atoms with Gasteiger partial charge in [-0.05, 0) is 24.5 Å². The van der Waals surface area contributed by atoms with E-state index in [4.69, 9.17) is 4.52 Å². The Hall–Kier alpha value is -3.48. The number of H-pyrrole nitrogens is 1. The number of rotatable bonds is 3. The number of aromatic amines is 1. The van der Waals surface area contributed by atoms with Crippen LogP contribution < -0.4 is 0 Å². The number of amides is 1. The van der Waals surface area contributed by atoms with Crippen LogP contribution in [0.3, 0.4) is 0 Å². The number of nitrogens with zero attached hydrogens (tertiary/aromatic N) is 4. The number of carbonyl (C=O) groups is 1. The van der Waals surface area contributed by atoms with E-state index in [1.807, 2.05) is 54.5 Å². The van der Waals surface area contributed by atoms with Gasteiger partial charge in [-0.25, -0.2) is 4.98 Å². The molecule has 4 heterocycles. The number of aryl methyl sites for hydroxylation is 1. The minimum Gasteiger partial charge on any atom is -0.356 e. The molecule has 1 aliphatic heterocycles. The van der Waals surface area contributed by atoms with Gasteiger partial charge in [0.25, 0.3) is 0 Å². The average Bonchev–Trinajstić information content (AvgIpc) is 3.35. The van der Waals surface area contributed by atoms with Gasteiger partial charge >= 0.3 is 0 Å². The van der Waals surface area contributed by atoms with Crippen molar-refractivity contribution in [1.82, 2.24) is 25.2 Å². The summed E-state index contributed by atoms with van der Waals surface area (Å²) in [5.74, 6) is 0.743. The first-order valence-corrected chi connectivity index (χ1v) is 9.29. The fourth-order valence-electron chi connectivity index (χ4n) is 3.84. The van der Waals surface area contributed by atoms with Crippen molar-refractivity contribution in [2.45, 2.75) is 26.3 Å². The van der Waals surface area contributed by atoms with Gasteiger partial charge in [-0.15, -0.1) is 0 Å². The van der Waals surface area contributed by atoms with Crippen LogP contribution in [0.4, 0.5) is 0 Å². The molecule has 0 saturated heterocycles. The summed E-state index contributed by atoms with van der Waals surface area (Å²) in [7, 11) is 0. The molecule has 0 radical (unpaired) electrons. The second-order valence-corrected chi connectivity index (χ2v) is 7.08. The molecule has 7 heteroatoms. The lowest BCUT2D eigenvalue weighted by Gasteiger charge is -2.29. The van der Waals surface area contributed by atoms with E-state index in [1.54, 1.807) is 0 Å². The fourth-order valence-corrected chi connectivity index (χ4v) is 3.84. The molecule has 28 heavy (non-hydrogen) atoms. The van der Waals surface area contributed by atoms with Crippen molar-refractivity contribution in [3.63, 3.8) is 0 Å². The summed E-state index contributed by atoms with van der Waals surface area (Å²) >= 11 is 0. The molecule has 0 fully saturated rings. The number of nitrogens with one attached hydrogen (secondary N) is 1. The Kier molecular flexibility index (Phi) is 3.93. The van der Waals surface area contributed by atoms with Gasteiger partial charge in [0.2, 0.25) is 5.91 Å². The van der Waals surface area contributed by atoms with E-state index in [0.29, 0.717) is 18.8 Å². The lowest BCUT2D eigenvalue weighted by atomic mass is 9.98. The third-order valence-corrected chi connectivity index (χ3v) is 5.38. The highest BCUT2D eigenvalue weighted by Gasteiger charge is 2.25. The zero-order chi connectivity index (χ0) is 19.1. The third-order valence-electron chi connectivity index (χ3n) is 5.38. The maximum Gasteiger partial charge on any atom is 0.227 e. The Bertz CT molecular complexity index is 1160. The van der Waals surface area contributed by atoms with Crippen molar-refractivity contribution < 1.29 is 9.32 Å². The van der Waals surface area contributed by atoms with Crippen LogP contribution in [0.15, 0.2) is 47.2 Å². The molecule has 1 aliphatic rings. The summed E-state index contributed by atoms with van der Waals surface area (Å²) in [6.07, 6.45) is 4.73. The summed E-state index contributed by atoms with van der Waals surface area (Å²) < 4.78 is 5.52. The summed E-state index contributed by atoms with van der Waals surface area (Å²) in [4.78, 5) is 19.3. The molecule has 1 aromatic carbocycles. The minimum atomic E-state index is 0.0708. The standard InChI is InChI=1S/C21H19N5O2/c1-13-17(20(28-25-13)14-5-3-2-4-6-14)9-19(27)26-8-7-16-15(12-26)10-22-21-18(16)11-23-24-21/h2-6,10-11H,7-9,12H2,1H3,(H,22,23,24). The normalized spacial score (nSPS) is 13.7. The van der Waals surface area contributed by atoms with Crippen LogP contribution in [-0.2, 0) is 24.2 Å². The van der Waals surface area contributed by atoms with Gasteiger partial charge in [-0.2, -0.15) is 5.10 Å². The number of aromatic nitrogens is 4. The van der Waals surface area contributed by atoms with Crippen LogP contribution in [0.5, 0.6) is 0 Å². The summed E-state index contributed by atoms with van der Waals surface area (Å²) in [6.45, 7) is 3.12. The van der Waals surface area contributed by atoms with Gasteiger partial charge in [0.1, 0.15) is 0 Å². The highest BCUT2D eigenvalue weighted by Crippen LogP contribution is 2.29. The molecular formula is C21H19N5O2. The molecule has 5 rings (SSSR count). The third kappa shape index (κ3) is 2.76. The summed E-state index contributed by atoms with van der Waals surface area (Å²) in [6, 6.07) is 9.78. The van der Waals surface area contributed by atoms with Crippen LogP contribution in [-0.4, -0.2) is 37.7 Å². The van der Waals surface area contributed by atoms with Gasteiger partial charge in [0.15, 0.2) is 11.4 Å². The van der Waals surface area contributed by atoms with E-state index in [9.17, 15) is 4.79 Å². The van der Waals surface area contributed by atoms with Crippen LogP contribution >= 0.6 is 0 Å². The van der Waals surface area contributed by atoms with E-state index < -0.39 is 0 Å². The highest BCUT2D eigenvalue weighted by molar-refractivity contribution is 5.83. The predicted molar refractivity (Wildman–Crippen MR) is 103 cm³/mol. The second kappa shape index (κ2) is 6.60. The number of pyridine rings is 1. The molecular weight excluding hydrogens is 354 g/mol. The zero-order valence-electron chi connectivity index (χ0n) is 15.5. The molecule has 0 spiro atoms. The molecule has 0 saturated carbocycles. The first-order valence-electron chi connectivity index (χ1n) is 9.29. The number of benzene rings is 1. The van der Waals surface area contributed by atoms with Crippen molar-refractivity contribution in [3.05, 3.63) is 65.1 Å². The van der Waals surface area contributed by atoms with E-state index >= 15 is 0 Å². The van der Waals surface area contributed by atoms with Crippen LogP contribution in [0.2, 0.25) is 0 Å². The first-order chi connectivity index (χ1) is 13.7. The summed E-state index contributed by atoms with van der Waals surface area (Å²) in [5, 5.41) is 12.1. The smallest absolute Gasteiger partial charge is 0.227 e. The molecule has 1 N–H and O–H groups in total. The van der Waals surface area contributed by atoms with E-state index in [2.05, 4.69) is 20.3 Å². The monoisotopic (exact) mass is 373 g/mol. The molecule has 0 atom stereocenters. The minimum absolute atomic E-state index is 0.0708. The van der Waals surface area contributed by atoms with Gasteiger partial charge in [0, 0.05) is 35.8 Å². The average molecular weight is 373 g/mol. The maximum absolute atomic E-state index is 13.0. The van der Waals surface area contributed by atoms with E-state index in [-0.39, 0.29) is 12.3 Å². The molecule has 140 valence electrons.